The molecule has 0 unspecified atom stereocenters. The Kier molecular flexibility index (Phi) is 4.83. The van der Waals surface area contributed by atoms with Gasteiger partial charge in [-0.1, -0.05) is 42.5 Å². The number of benzene rings is 2. The van der Waals surface area contributed by atoms with E-state index < -0.39 is 0 Å². The van der Waals surface area contributed by atoms with Crippen molar-refractivity contribution in [3.05, 3.63) is 77.6 Å². The summed E-state index contributed by atoms with van der Waals surface area (Å²) in [5, 5.41) is 12.7. The Balaban J connectivity index is 1.50. The summed E-state index contributed by atoms with van der Waals surface area (Å²) in [6, 6.07) is 16.6. The van der Waals surface area contributed by atoms with Crippen LogP contribution >= 0.6 is 0 Å². The third kappa shape index (κ3) is 3.97. The lowest BCUT2D eigenvalue weighted by Crippen LogP contribution is -2.32. The summed E-state index contributed by atoms with van der Waals surface area (Å²) in [7, 11) is 0. The summed E-state index contributed by atoms with van der Waals surface area (Å²) >= 11 is 0. The van der Waals surface area contributed by atoms with Crippen LogP contribution in [0.4, 0.5) is 0 Å². The van der Waals surface area contributed by atoms with Crippen LogP contribution in [0.1, 0.15) is 35.7 Å². The third-order valence-electron chi connectivity index (χ3n) is 4.82. The van der Waals surface area contributed by atoms with Gasteiger partial charge in [0.05, 0.1) is 12.5 Å². The summed E-state index contributed by atoms with van der Waals surface area (Å²) in [5.41, 5.74) is 3.80. The quantitative estimate of drug-likeness (QED) is 0.746. The van der Waals surface area contributed by atoms with Crippen LogP contribution in [0.25, 0.3) is 11.4 Å². The normalized spacial score (nSPS) is 15.8. The topological polar surface area (TPSA) is 75.1 Å². The van der Waals surface area contributed by atoms with E-state index in [1.54, 1.807) is 18.2 Å². The average molecular weight is 359 g/mol. The number of phenolic OH excluding ortho intramolecular Hbond substituents is 1. The molecule has 1 atom stereocenters. The molecule has 0 aliphatic heterocycles. The van der Waals surface area contributed by atoms with Crippen LogP contribution in [0.5, 0.6) is 5.75 Å². The van der Waals surface area contributed by atoms with Crippen molar-refractivity contribution >= 4 is 5.91 Å². The van der Waals surface area contributed by atoms with E-state index >= 15 is 0 Å². The predicted molar refractivity (Wildman–Crippen MR) is 103 cm³/mol. The van der Waals surface area contributed by atoms with Gasteiger partial charge in [0, 0.05) is 23.0 Å². The monoisotopic (exact) mass is 359 g/mol. The second-order valence-corrected chi connectivity index (χ2v) is 6.82. The summed E-state index contributed by atoms with van der Waals surface area (Å²) in [6.07, 6.45) is 4.85. The maximum atomic E-state index is 12.5. The van der Waals surface area contributed by atoms with E-state index in [1.807, 2.05) is 42.6 Å². The van der Waals surface area contributed by atoms with Gasteiger partial charge in [-0.15, -0.1) is 0 Å². The first kappa shape index (κ1) is 17.2. The van der Waals surface area contributed by atoms with Crippen LogP contribution < -0.4 is 5.32 Å². The number of carbonyl (C=O) groups excluding carboxylic acids is 1. The number of fused-ring (bicyclic) bond motifs is 1. The Morgan fingerprint density at radius 3 is 2.81 bits per heavy atom. The zero-order valence-corrected chi connectivity index (χ0v) is 14.9. The number of phenols is 1. The molecule has 1 aromatic heterocycles. The lowest BCUT2D eigenvalue weighted by Gasteiger charge is -2.25. The number of hydrogen-bond acceptors (Lipinski definition) is 4. The molecule has 2 N–H and O–H groups in total. The van der Waals surface area contributed by atoms with Crippen molar-refractivity contribution in [3.8, 4) is 17.1 Å². The van der Waals surface area contributed by atoms with Crippen LogP contribution in [0.15, 0.2) is 60.8 Å². The summed E-state index contributed by atoms with van der Waals surface area (Å²) in [5.74, 6) is 0.830. The third-order valence-corrected chi connectivity index (χ3v) is 4.82. The summed E-state index contributed by atoms with van der Waals surface area (Å²) in [6.45, 7) is 0. The molecule has 2 aromatic carbocycles. The lowest BCUT2D eigenvalue weighted by molar-refractivity contribution is -0.121. The van der Waals surface area contributed by atoms with Crippen LogP contribution in [-0.4, -0.2) is 21.0 Å². The van der Waals surface area contributed by atoms with Gasteiger partial charge in [-0.3, -0.25) is 4.79 Å². The number of rotatable bonds is 4. The van der Waals surface area contributed by atoms with Crippen molar-refractivity contribution in [1.29, 1.82) is 0 Å². The number of aromatic hydroxyl groups is 1. The number of aryl methyl sites for hydroxylation is 1. The minimum atomic E-state index is -0.0663. The number of aromatic nitrogens is 2. The van der Waals surface area contributed by atoms with Crippen LogP contribution in [0.3, 0.4) is 0 Å². The first-order valence-electron chi connectivity index (χ1n) is 9.17. The van der Waals surface area contributed by atoms with Crippen LogP contribution in [-0.2, 0) is 17.6 Å². The Hall–Kier alpha value is -3.21. The molecule has 136 valence electrons. The van der Waals surface area contributed by atoms with E-state index in [4.69, 9.17) is 4.98 Å². The fourth-order valence-corrected chi connectivity index (χ4v) is 3.52. The largest absolute Gasteiger partial charge is 0.508 e. The van der Waals surface area contributed by atoms with E-state index in [1.165, 1.54) is 0 Å². The van der Waals surface area contributed by atoms with Crippen LogP contribution in [0.2, 0.25) is 0 Å². The minimum absolute atomic E-state index is 0.0643. The maximum absolute atomic E-state index is 12.5. The summed E-state index contributed by atoms with van der Waals surface area (Å²) < 4.78 is 0. The highest BCUT2D eigenvalue weighted by molar-refractivity contribution is 5.79. The highest BCUT2D eigenvalue weighted by atomic mass is 16.3. The van der Waals surface area contributed by atoms with Crippen molar-refractivity contribution < 1.29 is 9.90 Å². The fourth-order valence-electron chi connectivity index (χ4n) is 3.52. The molecule has 1 aliphatic rings. The number of carbonyl (C=O) groups is 1. The number of hydrogen-bond donors (Lipinski definition) is 2. The molecule has 3 aromatic rings. The first-order chi connectivity index (χ1) is 13.2. The molecule has 1 heterocycles. The molecule has 4 rings (SSSR count). The van der Waals surface area contributed by atoms with Crippen molar-refractivity contribution in [3.63, 3.8) is 0 Å². The SMILES string of the molecule is O=C(Cc1cccc(O)c1)N[C@@H]1CCCc2nc(-c3ccccc3)ncc21. The van der Waals surface area contributed by atoms with Gasteiger partial charge in [-0.05, 0) is 37.0 Å². The molecule has 0 saturated heterocycles. The second kappa shape index (κ2) is 7.58. The Bertz CT molecular complexity index is 957. The van der Waals surface area contributed by atoms with Gasteiger partial charge in [0.2, 0.25) is 5.91 Å². The van der Waals surface area contributed by atoms with Gasteiger partial charge in [-0.25, -0.2) is 9.97 Å². The second-order valence-electron chi connectivity index (χ2n) is 6.82. The highest BCUT2D eigenvalue weighted by Gasteiger charge is 2.24. The highest BCUT2D eigenvalue weighted by Crippen LogP contribution is 2.29. The van der Waals surface area contributed by atoms with E-state index in [0.717, 1.165) is 47.5 Å². The van der Waals surface area contributed by atoms with Gasteiger partial charge >= 0.3 is 0 Å². The molecule has 0 spiro atoms. The van der Waals surface area contributed by atoms with E-state index in [-0.39, 0.29) is 24.1 Å². The fraction of sp³-hybridized carbons (Fsp3) is 0.227. The first-order valence-corrected chi connectivity index (χ1v) is 9.17. The average Bonchev–Trinajstić information content (AvgIpc) is 2.68. The van der Waals surface area contributed by atoms with Gasteiger partial charge in [0.1, 0.15) is 5.75 Å². The molecule has 0 fully saturated rings. The van der Waals surface area contributed by atoms with Crippen LogP contribution in [0, 0.1) is 0 Å². The minimum Gasteiger partial charge on any atom is -0.508 e. The molecular weight excluding hydrogens is 338 g/mol. The van der Waals surface area contributed by atoms with Crippen molar-refractivity contribution in [2.75, 3.05) is 0 Å². The molecule has 5 nitrogen and oxygen atoms in total. The molecule has 0 saturated carbocycles. The van der Waals surface area contributed by atoms with Gasteiger partial charge in [-0.2, -0.15) is 0 Å². The van der Waals surface area contributed by atoms with Gasteiger partial charge in [0.15, 0.2) is 5.82 Å². The predicted octanol–water partition coefficient (Wildman–Crippen LogP) is 3.59. The molecule has 0 bridgehead atoms. The molecule has 1 amide bonds. The molecule has 5 heteroatoms. The maximum Gasteiger partial charge on any atom is 0.224 e. The smallest absolute Gasteiger partial charge is 0.224 e. The molecule has 1 aliphatic carbocycles. The molecular formula is C22H21N3O2. The van der Waals surface area contributed by atoms with Crippen molar-refractivity contribution in [2.24, 2.45) is 0 Å². The van der Waals surface area contributed by atoms with Gasteiger partial charge < -0.3 is 10.4 Å². The van der Waals surface area contributed by atoms with Gasteiger partial charge in [0.25, 0.3) is 0 Å². The number of nitrogens with one attached hydrogen (secondary N) is 1. The van der Waals surface area contributed by atoms with Crippen molar-refractivity contribution in [1.82, 2.24) is 15.3 Å². The lowest BCUT2D eigenvalue weighted by atomic mass is 9.92. The molecule has 27 heavy (non-hydrogen) atoms. The molecule has 0 radical (unpaired) electrons. The zero-order chi connectivity index (χ0) is 18.6. The number of amides is 1. The Morgan fingerprint density at radius 2 is 2.00 bits per heavy atom. The van der Waals surface area contributed by atoms with E-state index in [0.29, 0.717) is 0 Å². The van der Waals surface area contributed by atoms with E-state index in [9.17, 15) is 9.90 Å². The standard InChI is InChI=1S/C22H21N3O2/c26-17-9-4-6-15(12-17)13-21(27)24-19-10-5-11-20-18(19)14-23-22(25-20)16-7-2-1-3-8-16/h1-4,6-9,12,14,19,26H,5,10-11,13H2,(H,24,27)/t19-/m1/s1. The Labute approximate surface area is 158 Å². The number of nitrogens with zero attached hydrogens (tertiary/aromatic N) is 2. The van der Waals surface area contributed by atoms with E-state index in [2.05, 4.69) is 10.3 Å². The summed E-state index contributed by atoms with van der Waals surface area (Å²) in [4.78, 5) is 21.7. The van der Waals surface area contributed by atoms with Crippen molar-refractivity contribution in [2.45, 2.75) is 31.7 Å². The zero-order valence-electron chi connectivity index (χ0n) is 14.9. The Morgan fingerprint density at radius 1 is 1.15 bits per heavy atom.